The highest BCUT2D eigenvalue weighted by Gasteiger charge is 2.16. The molecule has 5 heteroatoms. The van der Waals surface area contributed by atoms with Gasteiger partial charge in [-0.15, -0.1) is 0 Å². The van der Waals surface area contributed by atoms with Gasteiger partial charge >= 0.3 is 0 Å². The molecule has 0 fully saturated rings. The summed E-state index contributed by atoms with van der Waals surface area (Å²) in [6, 6.07) is 3.46. The summed E-state index contributed by atoms with van der Waals surface area (Å²) in [6.07, 6.45) is 3.35. The molecule has 4 nitrogen and oxygen atoms in total. The largest absolute Gasteiger partial charge is 0.396 e. The maximum Gasteiger partial charge on any atom is 0.254 e. The van der Waals surface area contributed by atoms with Crippen molar-refractivity contribution in [2.45, 2.75) is 26.7 Å². The minimum atomic E-state index is -0.128. The first-order valence-corrected chi connectivity index (χ1v) is 6.75. The topological polar surface area (TPSA) is 62.2 Å². The average Bonchev–Trinajstić information content (AvgIpc) is 2.35. The Morgan fingerprint density at radius 1 is 1.56 bits per heavy atom. The summed E-state index contributed by atoms with van der Waals surface area (Å²) in [6.45, 7) is 4.78. The molecule has 0 unspecified atom stereocenters. The first kappa shape index (κ1) is 15.1. The fourth-order valence-corrected chi connectivity index (χ4v) is 1.93. The first-order chi connectivity index (χ1) is 8.46. The molecule has 1 aromatic rings. The summed E-state index contributed by atoms with van der Waals surface area (Å²) < 4.78 is 0.554. The Bertz CT molecular complexity index is 408. The van der Waals surface area contributed by atoms with Gasteiger partial charge in [-0.1, -0.05) is 13.8 Å². The van der Waals surface area contributed by atoms with E-state index in [0.717, 1.165) is 12.8 Å². The molecule has 0 bridgehead atoms. The summed E-state index contributed by atoms with van der Waals surface area (Å²) in [5.74, 6) is -0.128. The zero-order valence-corrected chi connectivity index (χ0v) is 12.3. The number of carbonyl (C=O) groups is 1. The monoisotopic (exact) mass is 314 g/mol. The van der Waals surface area contributed by atoms with Crippen LogP contribution in [-0.2, 0) is 0 Å². The highest BCUT2D eigenvalue weighted by molar-refractivity contribution is 9.10. The van der Waals surface area contributed by atoms with Crippen LogP contribution in [0.15, 0.2) is 22.9 Å². The lowest BCUT2D eigenvalue weighted by molar-refractivity contribution is 0.0947. The highest BCUT2D eigenvalue weighted by Crippen LogP contribution is 2.20. The smallest absolute Gasteiger partial charge is 0.254 e. The van der Waals surface area contributed by atoms with Crippen LogP contribution in [0.1, 0.15) is 37.0 Å². The minimum Gasteiger partial charge on any atom is -0.396 e. The molecular weight excluding hydrogens is 296 g/mol. The molecule has 0 aromatic carbocycles. The number of pyridine rings is 1. The van der Waals surface area contributed by atoms with Gasteiger partial charge in [0.15, 0.2) is 0 Å². The van der Waals surface area contributed by atoms with E-state index < -0.39 is 0 Å². The predicted octanol–water partition coefficient (Wildman–Crippen LogP) is 2.37. The third-order valence-corrected chi connectivity index (χ3v) is 3.38. The average molecular weight is 315 g/mol. The van der Waals surface area contributed by atoms with Gasteiger partial charge in [-0.25, -0.2) is 4.98 Å². The molecule has 18 heavy (non-hydrogen) atoms. The van der Waals surface area contributed by atoms with Crippen LogP contribution in [0.3, 0.4) is 0 Å². The summed E-state index contributed by atoms with van der Waals surface area (Å²) in [5.41, 5.74) is 0.457. The van der Waals surface area contributed by atoms with Crippen LogP contribution in [0.25, 0.3) is 0 Å². The quantitative estimate of drug-likeness (QED) is 0.626. The van der Waals surface area contributed by atoms with Gasteiger partial charge in [0.1, 0.15) is 4.60 Å². The minimum absolute atomic E-state index is 0.0837. The lowest BCUT2D eigenvalue weighted by atomic mass is 9.89. The van der Waals surface area contributed by atoms with E-state index in [9.17, 15) is 4.79 Å². The highest BCUT2D eigenvalue weighted by atomic mass is 79.9. The number of carbonyl (C=O) groups excluding carboxylic acids is 1. The van der Waals surface area contributed by atoms with E-state index in [1.54, 1.807) is 18.3 Å². The SMILES string of the molecule is CC(C)(CO)CCCNC(=O)c1cccnc1Br. The Hall–Kier alpha value is -0.940. The second-order valence-corrected chi connectivity index (χ2v) is 5.77. The molecule has 0 saturated carbocycles. The van der Waals surface area contributed by atoms with Crippen LogP contribution in [0.2, 0.25) is 0 Å². The Morgan fingerprint density at radius 2 is 2.28 bits per heavy atom. The van der Waals surface area contributed by atoms with Gasteiger partial charge in [-0.05, 0) is 46.3 Å². The molecule has 0 radical (unpaired) electrons. The fraction of sp³-hybridized carbons (Fsp3) is 0.538. The maximum absolute atomic E-state index is 11.8. The number of aromatic nitrogens is 1. The van der Waals surface area contributed by atoms with Gasteiger partial charge in [0.05, 0.1) is 5.56 Å². The van der Waals surface area contributed by atoms with Gasteiger partial charge in [0.2, 0.25) is 0 Å². The zero-order valence-electron chi connectivity index (χ0n) is 10.7. The summed E-state index contributed by atoms with van der Waals surface area (Å²) in [5, 5.41) is 12.0. The first-order valence-electron chi connectivity index (χ1n) is 5.96. The van der Waals surface area contributed by atoms with Crippen molar-refractivity contribution in [3.05, 3.63) is 28.5 Å². The second kappa shape index (κ2) is 6.85. The van der Waals surface area contributed by atoms with Crippen LogP contribution in [0.5, 0.6) is 0 Å². The number of aliphatic hydroxyl groups excluding tert-OH is 1. The molecule has 1 aromatic heterocycles. The van der Waals surface area contributed by atoms with Gasteiger partial charge < -0.3 is 10.4 Å². The van der Waals surface area contributed by atoms with Gasteiger partial charge in [0.25, 0.3) is 5.91 Å². The third kappa shape index (κ3) is 4.74. The molecule has 100 valence electrons. The number of hydrogen-bond acceptors (Lipinski definition) is 3. The number of rotatable bonds is 6. The van der Waals surface area contributed by atoms with E-state index in [4.69, 9.17) is 5.11 Å². The molecule has 1 rings (SSSR count). The van der Waals surface area contributed by atoms with E-state index in [0.29, 0.717) is 16.7 Å². The summed E-state index contributed by atoms with van der Waals surface area (Å²) in [7, 11) is 0. The van der Waals surface area contributed by atoms with Crippen molar-refractivity contribution < 1.29 is 9.90 Å². The Balaban J connectivity index is 2.37. The fourth-order valence-electron chi connectivity index (χ4n) is 1.50. The predicted molar refractivity (Wildman–Crippen MR) is 74.4 cm³/mol. The van der Waals surface area contributed by atoms with Crippen molar-refractivity contribution in [1.82, 2.24) is 10.3 Å². The number of nitrogens with one attached hydrogen (secondary N) is 1. The molecular formula is C13H19BrN2O2. The molecule has 0 atom stereocenters. The number of amides is 1. The number of aliphatic hydroxyl groups is 1. The Kier molecular flexibility index (Phi) is 5.75. The standard InChI is InChI=1S/C13H19BrN2O2/c1-13(2,9-17)6-4-8-16-12(18)10-5-3-7-15-11(10)14/h3,5,7,17H,4,6,8-9H2,1-2H3,(H,16,18). The van der Waals surface area contributed by atoms with Crippen molar-refractivity contribution in [3.8, 4) is 0 Å². The summed E-state index contributed by atoms with van der Waals surface area (Å²) in [4.78, 5) is 15.8. The van der Waals surface area contributed by atoms with Gasteiger partial charge in [-0.2, -0.15) is 0 Å². The van der Waals surface area contributed by atoms with Crippen molar-refractivity contribution in [2.24, 2.45) is 5.41 Å². The van der Waals surface area contributed by atoms with Crippen molar-refractivity contribution in [2.75, 3.05) is 13.2 Å². The number of nitrogens with zero attached hydrogens (tertiary/aromatic N) is 1. The Labute approximate surface area is 116 Å². The normalized spacial score (nSPS) is 11.3. The number of hydrogen-bond donors (Lipinski definition) is 2. The molecule has 1 amide bonds. The molecule has 0 aliphatic heterocycles. The van der Waals surface area contributed by atoms with Crippen LogP contribution < -0.4 is 5.32 Å². The van der Waals surface area contributed by atoms with E-state index in [-0.39, 0.29) is 17.9 Å². The van der Waals surface area contributed by atoms with Gasteiger partial charge in [-0.3, -0.25) is 4.79 Å². The van der Waals surface area contributed by atoms with Crippen LogP contribution >= 0.6 is 15.9 Å². The van der Waals surface area contributed by atoms with E-state index in [2.05, 4.69) is 26.2 Å². The van der Waals surface area contributed by atoms with Crippen LogP contribution in [0.4, 0.5) is 0 Å². The molecule has 2 N–H and O–H groups in total. The van der Waals surface area contributed by atoms with Crippen molar-refractivity contribution >= 4 is 21.8 Å². The molecule has 1 heterocycles. The molecule has 0 saturated heterocycles. The Morgan fingerprint density at radius 3 is 2.89 bits per heavy atom. The van der Waals surface area contributed by atoms with E-state index in [1.165, 1.54) is 0 Å². The molecule has 0 aliphatic rings. The van der Waals surface area contributed by atoms with E-state index >= 15 is 0 Å². The summed E-state index contributed by atoms with van der Waals surface area (Å²) >= 11 is 3.24. The third-order valence-electron chi connectivity index (χ3n) is 2.75. The molecule has 0 spiro atoms. The van der Waals surface area contributed by atoms with Gasteiger partial charge in [0, 0.05) is 19.3 Å². The maximum atomic E-state index is 11.8. The lowest BCUT2D eigenvalue weighted by Gasteiger charge is -2.21. The van der Waals surface area contributed by atoms with Crippen LogP contribution in [-0.4, -0.2) is 29.1 Å². The van der Waals surface area contributed by atoms with E-state index in [1.807, 2.05) is 13.8 Å². The second-order valence-electron chi connectivity index (χ2n) is 5.02. The zero-order chi connectivity index (χ0) is 13.6. The van der Waals surface area contributed by atoms with Crippen molar-refractivity contribution in [3.63, 3.8) is 0 Å². The molecule has 0 aliphatic carbocycles. The lowest BCUT2D eigenvalue weighted by Crippen LogP contribution is -2.26. The van der Waals surface area contributed by atoms with Crippen molar-refractivity contribution in [1.29, 1.82) is 0 Å². The number of halogens is 1. The van der Waals surface area contributed by atoms with Crippen LogP contribution in [0, 0.1) is 5.41 Å².